The van der Waals surface area contributed by atoms with Crippen LogP contribution in [-0.4, -0.2) is 11.3 Å². The standard InChI is InChI=1S/C19H29NO/c1-12-9-8-10-13-15(12)16(20-19(5,6)7)14(17(13)21)11-18(2,3)4/h8-10,14,16,20H,11H2,1-7H3. The largest absolute Gasteiger partial charge is 0.305 e. The quantitative estimate of drug-likeness (QED) is 0.856. The fourth-order valence-electron chi connectivity index (χ4n) is 3.37. The molecule has 1 aromatic carbocycles. The number of Topliss-reactive ketones (excluding diaryl/α,β-unsaturated/α-hetero) is 1. The summed E-state index contributed by atoms with van der Waals surface area (Å²) in [6, 6.07) is 6.24. The highest BCUT2D eigenvalue weighted by atomic mass is 16.1. The molecule has 0 heterocycles. The van der Waals surface area contributed by atoms with E-state index in [2.05, 4.69) is 59.8 Å². The van der Waals surface area contributed by atoms with Crippen molar-refractivity contribution in [2.75, 3.05) is 0 Å². The van der Waals surface area contributed by atoms with Crippen LogP contribution in [0.1, 0.15) is 75.5 Å². The molecule has 0 fully saturated rings. The SMILES string of the molecule is Cc1cccc2c1C(NC(C)(C)C)C(CC(C)(C)C)C2=O. The molecule has 2 rings (SSSR count). The van der Waals surface area contributed by atoms with Gasteiger partial charge in [0.2, 0.25) is 0 Å². The van der Waals surface area contributed by atoms with Crippen LogP contribution < -0.4 is 5.32 Å². The zero-order valence-electron chi connectivity index (χ0n) is 14.5. The van der Waals surface area contributed by atoms with Gasteiger partial charge >= 0.3 is 0 Å². The Kier molecular flexibility index (Phi) is 4.05. The third-order valence-electron chi connectivity index (χ3n) is 4.06. The number of aryl methyl sites for hydroxylation is 1. The molecule has 2 unspecified atom stereocenters. The van der Waals surface area contributed by atoms with Gasteiger partial charge in [-0.15, -0.1) is 0 Å². The van der Waals surface area contributed by atoms with Crippen LogP contribution in [0.25, 0.3) is 0 Å². The lowest BCUT2D eigenvalue weighted by Crippen LogP contribution is -2.42. The molecule has 116 valence electrons. The maximum Gasteiger partial charge on any atom is 0.168 e. The molecule has 2 atom stereocenters. The molecule has 0 spiro atoms. The monoisotopic (exact) mass is 287 g/mol. The maximum atomic E-state index is 12.9. The third kappa shape index (κ3) is 3.55. The summed E-state index contributed by atoms with van der Waals surface area (Å²) in [5.74, 6) is 0.352. The summed E-state index contributed by atoms with van der Waals surface area (Å²) in [4.78, 5) is 12.9. The summed E-state index contributed by atoms with van der Waals surface area (Å²) in [7, 11) is 0. The maximum absolute atomic E-state index is 12.9. The predicted octanol–water partition coefficient (Wildman–Crippen LogP) is 4.67. The van der Waals surface area contributed by atoms with E-state index in [9.17, 15) is 4.79 Å². The first kappa shape index (κ1) is 16.2. The minimum absolute atomic E-state index is 0.00896. The highest BCUT2D eigenvalue weighted by Crippen LogP contribution is 2.44. The molecule has 2 heteroatoms. The van der Waals surface area contributed by atoms with Crippen molar-refractivity contribution in [1.82, 2.24) is 5.32 Å². The summed E-state index contributed by atoms with van der Waals surface area (Å²) >= 11 is 0. The third-order valence-corrected chi connectivity index (χ3v) is 4.06. The van der Waals surface area contributed by atoms with Crippen molar-refractivity contribution in [3.05, 3.63) is 34.9 Å². The van der Waals surface area contributed by atoms with Crippen molar-refractivity contribution in [2.24, 2.45) is 11.3 Å². The zero-order chi connectivity index (χ0) is 16.0. The Morgan fingerprint density at radius 3 is 2.24 bits per heavy atom. The van der Waals surface area contributed by atoms with Crippen molar-refractivity contribution >= 4 is 5.78 Å². The first-order valence-corrected chi connectivity index (χ1v) is 7.91. The van der Waals surface area contributed by atoms with E-state index in [4.69, 9.17) is 0 Å². The highest BCUT2D eigenvalue weighted by Gasteiger charge is 2.43. The molecule has 0 aliphatic heterocycles. The van der Waals surface area contributed by atoms with Gasteiger partial charge in [0.1, 0.15) is 0 Å². The summed E-state index contributed by atoms with van der Waals surface area (Å²) < 4.78 is 0. The number of benzene rings is 1. The molecular weight excluding hydrogens is 258 g/mol. The Balaban J connectivity index is 2.47. The number of hydrogen-bond donors (Lipinski definition) is 1. The van der Waals surface area contributed by atoms with Crippen LogP contribution >= 0.6 is 0 Å². The summed E-state index contributed by atoms with van der Waals surface area (Å²) in [6.45, 7) is 15.3. The average molecular weight is 287 g/mol. The van der Waals surface area contributed by atoms with Crippen LogP contribution in [0.3, 0.4) is 0 Å². The molecular formula is C19H29NO. The highest BCUT2D eigenvalue weighted by molar-refractivity contribution is 6.03. The van der Waals surface area contributed by atoms with E-state index in [1.54, 1.807) is 0 Å². The summed E-state index contributed by atoms with van der Waals surface area (Å²) in [5, 5.41) is 3.70. The van der Waals surface area contributed by atoms with E-state index in [1.807, 2.05) is 12.1 Å². The van der Waals surface area contributed by atoms with Crippen molar-refractivity contribution in [3.63, 3.8) is 0 Å². The molecule has 1 N–H and O–H groups in total. The van der Waals surface area contributed by atoms with Gasteiger partial charge in [-0.2, -0.15) is 0 Å². The number of carbonyl (C=O) groups excluding carboxylic acids is 1. The van der Waals surface area contributed by atoms with Gasteiger partial charge < -0.3 is 5.32 Å². The zero-order valence-corrected chi connectivity index (χ0v) is 14.5. The topological polar surface area (TPSA) is 29.1 Å². The van der Waals surface area contributed by atoms with Gasteiger partial charge in [0, 0.05) is 23.1 Å². The molecule has 0 bridgehead atoms. The van der Waals surface area contributed by atoms with Gasteiger partial charge in [-0.1, -0.05) is 39.0 Å². The second kappa shape index (κ2) is 5.24. The van der Waals surface area contributed by atoms with Crippen LogP contribution in [0, 0.1) is 18.3 Å². The van der Waals surface area contributed by atoms with E-state index in [0.717, 1.165) is 12.0 Å². The van der Waals surface area contributed by atoms with E-state index in [1.165, 1.54) is 11.1 Å². The Bertz CT molecular complexity index is 546. The molecule has 1 aliphatic carbocycles. The number of hydrogen-bond acceptors (Lipinski definition) is 2. The van der Waals surface area contributed by atoms with Gasteiger partial charge in [0.15, 0.2) is 5.78 Å². The van der Waals surface area contributed by atoms with Crippen molar-refractivity contribution < 1.29 is 4.79 Å². The molecule has 0 radical (unpaired) electrons. The van der Waals surface area contributed by atoms with Crippen LogP contribution in [0.5, 0.6) is 0 Å². The second-order valence-electron chi connectivity index (χ2n) is 8.64. The molecule has 0 saturated heterocycles. The normalized spacial score (nSPS) is 22.5. The fraction of sp³-hybridized carbons (Fsp3) is 0.632. The Hall–Kier alpha value is -1.15. The van der Waals surface area contributed by atoms with E-state index < -0.39 is 0 Å². The van der Waals surface area contributed by atoms with Crippen LogP contribution in [0.2, 0.25) is 0 Å². The van der Waals surface area contributed by atoms with Crippen molar-refractivity contribution in [1.29, 1.82) is 0 Å². The average Bonchev–Trinajstić information content (AvgIpc) is 2.52. The van der Waals surface area contributed by atoms with Gasteiger partial charge in [0.05, 0.1) is 0 Å². The van der Waals surface area contributed by atoms with Crippen molar-refractivity contribution in [3.8, 4) is 0 Å². The van der Waals surface area contributed by atoms with Gasteiger partial charge in [-0.25, -0.2) is 0 Å². The lowest BCUT2D eigenvalue weighted by Gasteiger charge is -2.33. The minimum Gasteiger partial charge on any atom is -0.305 e. The number of nitrogens with one attached hydrogen (secondary N) is 1. The minimum atomic E-state index is -0.00896. The molecule has 1 aliphatic rings. The predicted molar refractivity (Wildman–Crippen MR) is 88.7 cm³/mol. The molecule has 21 heavy (non-hydrogen) atoms. The lowest BCUT2D eigenvalue weighted by molar-refractivity contribution is 0.0862. The number of rotatable bonds is 2. The first-order chi connectivity index (χ1) is 9.49. The summed E-state index contributed by atoms with van der Waals surface area (Å²) in [5.41, 5.74) is 3.50. The molecule has 2 nitrogen and oxygen atoms in total. The Labute approximate surface area is 129 Å². The smallest absolute Gasteiger partial charge is 0.168 e. The van der Waals surface area contributed by atoms with E-state index in [0.29, 0.717) is 5.78 Å². The second-order valence-corrected chi connectivity index (χ2v) is 8.64. The molecule has 0 amide bonds. The molecule has 0 aromatic heterocycles. The number of ketones is 1. The van der Waals surface area contributed by atoms with Crippen LogP contribution in [0.4, 0.5) is 0 Å². The van der Waals surface area contributed by atoms with Crippen molar-refractivity contribution in [2.45, 2.75) is 66.5 Å². The van der Waals surface area contributed by atoms with Crippen LogP contribution in [-0.2, 0) is 0 Å². The van der Waals surface area contributed by atoms with E-state index in [-0.39, 0.29) is 22.9 Å². The van der Waals surface area contributed by atoms with Gasteiger partial charge in [-0.3, -0.25) is 4.79 Å². The lowest BCUT2D eigenvalue weighted by atomic mass is 9.80. The van der Waals surface area contributed by atoms with Crippen LogP contribution in [0.15, 0.2) is 18.2 Å². The van der Waals surface area contributed by atoms with E-state index >= 15 is 0 Å². The fourth-order valence-corrected chi connectivity index (χ4v) is 3.37. The molecule has 0 saturated carbocycles. The number of carbonyl (C=O) groups is 1. The van der Waals surface area contributed by atoms with Gasteiger partial charge in [-0.05, 0) is 50.7 Å². The molecule has 1 aromatic rings. The first-order valence-electron chi connectivity index (χ1n) is 7.91. The number of fused-ring (bicyclic) bond motifs is 1. The van der Waals surface area contributed by atoms with Gasteiger partial charge in [0.25, 0.3) is 0 Å². The Morgan fingerprint density at radius 1 is 1.10 bits per heavy atom. The summed E-state index contributed by atoms with van der Waals surface area (Å²) in [6.07, 6.45) is 0.910. The Morgan fingerprint density at radius 2 is 1.71 bits per heavy atom.